The molecule has 3 rings (SSSR count). The monoisotopic (exact) mass is 368 g/mol. The van der Waals surface area contributed by atoms with E-state index in [4.69, 9.17) is 4.74 Å². The van der Waals surface area contributed by atoms with Gasteiger partial charge in [-0.1, -0.05) is 0 Å². The van der Waals surface area contributed by atoms with E-state index in [9.17, 15) is 14.4 Å². The van der Waals surface area contributed by atoms with Crippen molar-refractivity contribution in [3.05, 3.63) is 74.2 Å². The number of aromatic nitrogens is 3. The highest BCUT2D eigenvalue weighted by atomic mass is 16.5. The summed E-state index contributed by atoms with van der Waals surface area (Å²) in [6, 6.07) is 7.80. The van der Waals surface area contributed by atoms with E-state index in [0.29, 0.717) is 29.2 Å². The molecule has 0 unspecified atom stereocenters. The quantitative estimate of drug-likeness (QED) is 0.722. The minimum Gasteiger partial charge on any atom is -0.496 e. The lowest BCUT2D eigenvalue weighted by molar-refractivity contribution is 0.0953. The third-order valence-corrected chi connectivity index (χ3v) is 4.23. The molecule has 3 aromatic rings. The number of hydrogen-bond acceptors (Lipinski definition) is 5. The summed E-state index contributed by atoms with van der Waals surface area (Å²) in [5.41, 5.74) is 1.45. The highest BCUT2D eigenvalue weighted by molar-refractivity contribution is 5.99. The van der Waals surface area contributed by atoms with Crippen LogP contribution in [0, 0.1) is 13.8 Å². The topological polar surface area (TPSA) is 94.7 Å². The van der Waals surface area contributed by atoms with E-state index in [2.05, 4.69) is 10.3 Å². The molecule has 0 aliphatic rings. The van der Waals surface area contributed by atoms with Crippen LogP contribution in [0.3, 0.4) is 0 Å². The molecular formula is C19H20N4O4. The smallest absolute Gasteiger partial charge is 0.258 e. The summed E-state index contributed by atoms with van der Waals surface area (Å²) in [5.74, 6) is 0.144. The zero-order valence-electron chi connectivity index (χ0n) is 15.4. The second-order valence-corrected chi connectivity index (χ2v) is 6.13. The first-order chi connectivity index (χ1) is 12.9. The molecule has 0 saturated heterocycles. The molecule has 0 atom stereocenters. The van der Waals surface area contributed by atoms with Crippen LogP contribution in [-0.4, -0.2) is 33.5 Å². The first kappa shape index (κ1) is 18.4. The summed E-state index contributed by atoms with van der Waals surface area (Å²) in [6.45, 7) is 4.07. The van der Waals surface area contributed by atoms with Gasteiger partial charge in [-0.25, -0.2) is 4.98 Å². The molecule has 3 aromatic heterocycles. The van der Waals surface area contributed by atoms with Crippen LogP contribution >= 0.6 is 0 Å². The number of nitrogens with zero attached hydrogens (tertiary/aromatic N) is 3. The van der Waals surface area contributed by atoms with Crippen molar-refractivity contribution in [3.63, 3.8) is 0 Å². The molecule has 140 valence electrons. The highest BCUT2D eigenvalue weighted by Gasteiger charge is 2.13. The van der Waals surface area contributed by atoms with Crippen LogP contribution in [0.4, 0.5) is 0 Å². The average Bonchev–Trinajstić information content (AvgIpc) is 2.63. The molecule has 0 fully saturated rings. The second-order valence-electron chi connectivity index (χ2n) is 6.13. The number of pyridine rings is 2. The standard InChI is InChI=1S/C19H20N4O4/c1-12-9-16(24)23-7-4-5-15(18(23)21-12)19(26)20-6-8-22-13(2)10-14(27-3)11-17(22)25/h4-5,7,9-11H,6,8H2,1-3H3,(H,20,26). The van der Waals surface area contributed by atoms with Crippen LogP contribution in [0.15, 0.2) is 46.1 Å². The number of aryl methyl sites for hydroxylation is 2. The van der Waals surface area contributed by atoms with Crippen molar-refractivity contribution >= 4 is 11.6 Å². The first-order valence-electron chi connectivity index (χ1n) is 8.43. The number of methoxy groups -OCH3 is 1. The summed E-state index contributed by atoms with van der Waals surface area (Å²) < 4.78 is 7.96. The van der Waals surface area contributed by atoms with Crippen LogP contribution in [-0.2, 0) is 6.54 Å². The number of amides is 1. The van der Waals surface area contributed by atoms with Crippen molar-refractivity contribution in [2.45, 2.75) is 20.4 Å². The Morgan fingerprint density at radius 2 is 1.96 bits per heavy atom. The van der Waals surface area contributed by atoms with E-state index in [0.717, 1.165) is 5.69 Å². The molecule has 1 N–H and O–H groups in total. The molecule has 0 aliphatic carbocycles. The minimum absolute atomic E-state index is 0.199. The molecule has 27 heavy (non-hydrogen) atoms. The molecule has 0 aliphatic heterocycles. The average molecular weight is 368 g/mol. The lowest BCUT2D eigenvalue weighted by Gasteiger charge is -2.12. The fourth-order valence-electron chi connectivity index (χ4n) is 2.90. The molecule has 8 nitrogen and oxygen atoms in total. The van der Waals surface area contributed by atoms with Crippen molar-refractivity contribution in [2.24, 2.45) is 0 Å². The minimum atomic E-state index is -0.357. The Hall–Kier alpha value is -3.42. The van der Waals surface area contributed by atoms with E-state index >= 15 is 0 Å². The van der Waals surface area contributed by atoms with Gasteiger partial charge in [0.25, 0.3) is 17.0 Å². The number of hydrogen-bond donors (Lipinski definition) is 1. The van der Waals surface area contributed by atoms with Gasteiger partial charge in [-0.05, 0) is 32.0 Å². The van der Waals surface area contributed by atoms with E-state index in [-0.39, 0.29) is 23.6 Å². The van der Waals surface area contributed by atoms with Crippen LogP contribution in [0.5, 0.6) is 5.75 Å². The van der Waals surface area contributed by atoms with Gasteiger partial charge in [0.2, 0.25) is 0 Å². The van der Waals surface area contributed by atoms with Crippen molar-refractivity contribution in [1.29, 1.82) is 0 Å². The molecular weight excluding hydrogens is 348 g/mol. The number of carbonyl (C=O) groups excluding carboxylic acids is 1. The fourth-order valence-corrected chi connectivity index (χ4v) is 2.90. The molecule has 8 heteroatoms. The number of rotatable bonds is 5. The van der Waals surface area contributed by atoms with Gasteiger partial charge in [-0.15, -0.1) is 0 Å². The van der Waals surface area contributed by atoms with Crippen molar-refractivity contribution in [1.82, 2.24) is 19.3 Å². The zero-order chi connectivity index (χ0) is 19.6. The molecule has 0 spiro atoms. The molecule has 0 bridgehead atoms. The van der Waals surface area contributed by atoms with Crippen molar-refractivity contribution in [3.8, 4) is 5.75 Å². The Kier molecular flexibility index (Phi) is 5.07. The third kappa shape index (κ3) is 3.74. The maximum atomic E-state index is 12.6. The van der Waals surface area contributed by atoms with Gasteiger partial charge in [0.1, 0.15) is 5.75 Å². The molecule has 3 heterocycles. The SMILES string of the molecule is COc1cc(C)n(CCNC(=O)c2cccn3c(=O)cc(C)nc23)c(=O)c1. The fraction of sp³-hybridized carbons (Fsp3) is 0.263. The van der Waals surface area contributed by atoms with E-state index in [1.54, 1.807) is 42.8 Å². The predicted molar refractivity (Wildman–Crippen MR) is 101 cm³/mol. The summed E-state index contributed by atoms with van der Waals surface area (Å²) in [4.78, 5) is 41.1. The van der Waals surface area contributed by atoms with E-state index < -0.39 is 0 Å². The van der Waals surface area contributed by atoms with Crippen molar-refractivity contribution in [2.75, 3.05) is 13.7 Å². The molecule has 0 radical (unpaired) electrons. The Morgan fingerprint density at radius 3 is 2.67 bits per heavy atom. The summed E-state index contributed by atoms with van der Waals surface area (Å²) >= 11 is 0. The van der Waals surface area contributed by atoms with Crippen LogP contribution < -0.4 is 21.2 Å². The maximum Gasteiger partial charge on any atom is 0.258 e. The first-order valence-corrected chi connectivity index (χ1v) is 8.43. The normalized spacial score (nSPS) is 10.8. The van der Waals surface area contributed by atoms with Gasteiger partial charge >= 0.3 is 0 Å². The van der Waals surface area contributed by atoms with Crippen LogP contribution in [0.1, 0.15) is 21.7 Å². The van der Waals surface area contributed by atoms with Crippen LogP contribution in [0.2, 0.25) is 0 Å². The van der Waals surface area contributed by atoms with Crippen molar-refractivity contribution < 1.29 is 9.53 Å². The number of carbonyl (C=O) groups is 1. The highest BCUT2D eigenvalue weighted by Crippen LogP contribution is 2.09. The number of fused-ring (bicyclic) bond motifs is 1. The Bertz CT molecular complexity index is 1130. The molecule has 0 aromatic carbocycles. The molecule has 1 amide bonds. The lowest BCUT2D eigenvalue weighted by Crippen LogP contribution is -2.32. The summed E-state index contributed by atoms with van der Waals surface area (Å²) in [5, 5.41) is 2.78. The summed E-state index contributed by atoms with van der Waals surface area (Å²) in [6.07, 6.45) is 1.57. The maximum absolute atomic E-state index is 12.6. The largest absolute Gasteiger partial charge is 0.496 e. The number of ether oxygens (including phenoxy) is 1. The van der Waals surface area contributed by atoms with Gasteiger partial charge in [-0.3, -0.25) is 18.8 Å². The van der Waals surface area contributed by atoms with Gasteiger partial charge in [-0.2, -0.15) is 0 Å². The van der Waals surface area contributed by atoms with Gasteiger partial charge < -0.3 is 14.6 Å². The molecule has 0 saturated carbocycles. The van der Waals surface area contributed by atoms with E-state index in [1.807, 2.05) is 0 Å². The number of nitrogens with one attached hydrogen (secondary N) is 1. The zero-order valence-corrected chi connectivity index (χ0v) is 15.4. The Labute approximate surface area is 155 Å². The summed E-state index contributed by atoms with van der Waals surface area (Å²) in [7, 11) is 1.50. The predicted octanol–water partition coefficient (Wildman–Crippen LogP) is 0.912. The van der Waals surface area contributed by atoms with E-state index in [1.165, 1.54) is 23.6 Å². The van der Waals surface area contributed by atoms with Gasteiger partial charge in [0.05, 0.1) is 12.7 Å². The third-order valence-electron chi connectivity index (χ3n) is 4.23. The Morgan fingerprint density at radius 1 is 1.19 bits per heavy atom. The Balaban J connectivity index is 1.79. The lowest BCUT2D eigenvalue weighted by atomic mass is 10.2. The van der Waals surface area contributed by atoms with Gasteiger partial charge in [0.15, 0.2) is 5.65 Å². The second kappa shape index (κ2) is 7.45. The van der Waals surface area contributed by atoms with Crippen LogP contribution in [0.25, 0.3) is 5.65 Å². The van der Waals surface area contributed by atoms with Gasteiger partial charge in [0, 0.05) is 42.8 Å².